The number of halogens is 1. The highest BCUT2D eigenvalue weighted by Gasteiger charge is 2.12. The Hall–Kier alpha value is -1.76. The number of hydrogen-bond donors (Lipinski definition) is 1. The van der Waals surface area contributed by atoms with E-state index in [1.54, 1.807) is 6.07 Å². The first kappa shape index (κ1) is 8.34. The van der Waals surface area contributed by atoms with Gasteiger partial charge in [-0.3, -0.25) is 0 Å². The summed E-state index contributed by atoms with van der Waals surface area (Å²) >= 11 is 0. The van der Waals surface area contributed by atoms with Crippen molar-refractivity contribution in [2.75, 3.05) is 7.11 Å². The normalized spacial score (nSPS) is 9.08. The predicted molar refractivity (Wildman–Crippen MR) is 39.3 cm³/mol. The molecule has 0 aliphatic heterocycles. The Labute approximate surface area is 68.6 Å². The zero-order valence-corrected chi connectivity index (χ0v) is 6.34. The predicted octanol–water partition coefficient (Wildman–Crippen LogP) is 1.41. The van der Waals surface area contributed by atoms with E-state index < -0.39 is 11.6 Å². The van der Waals surface area contributed by atoms with Crippen LogP contribution in [0.3, 0.4) is 0 Å². The van der Waals surface area contributed by atoms with Gasteiger partial charge in [-0.2, -0.15) is 5.26 Å². The summed E-state index contributed by atoms with van der Waals surface area (Å²) in [6, 6.07) is 3.95. The molecule has 0 fully saturated rings. The second kappa shape index (κ2) is 3.09. The summed E-state index contributed by atoms with van der Waals surface area (Å²) in [7, 11) is 1.22. The van der Waals surface area contributed by atoms with E-state index >= 15 is 0 Å². The molecule has 3 nitrogen and oxygen atoms in total. The molecule has 62 valence electrons. The maximum absolute atomic E-state index is 12.8. The summed E-state index contributed by atoms with van der Waals surface area (Å²) in [4.78, 5) is 0. The van der Waals surface area contributed by atoms with Gasteiger partial charge in [0.1, 0.15) is 6.07 Å². The molecular weight excluding hydrogens is 161 g/mol. The molecule has 1 N–H and O–H groups in total. The van der Waals surface area contributed by atoms with E-state index in [-0.39, 0.29) is 11.3 Å². The van der Waals surface area contributed by atoms with Crippen LogP contribution in [0.2, 0.25) is 0 Å². The van der Waals surface area contributed by atoms with E-state index in [0.29, 0.717) is 0 Å². The Morgan fingerprint density at radius 3 is 2.75 bits per heavy atom. The number of phenols is 1. The van der Waals surface area contributed by atoms with Gasteiger partial charge in [0.25, 0.3) is 0 Å². The van der Waals surface area contributed by atoms with Crippen LogP contribution in [0.15, 0.2) is 12.1 Å². The number of rotatable bonds is 1. The van der Waals surface area contributed by atoms with Crippen molar-refractivity contribution in [2.24, 2.45) is 0 Å². The quantitative estimate of drug-likeness (QED) is 0.688. The van der Waals surface area contributed by atoms with Gasteiger partial charge in [0.15, 0.2) is 17.3 Å². The molecule has 0 aromatic heterocycles. The monoisotopic (exact) mass is 167 g/mol. The highest BCUT2D eigenvalue weighted by atomic mass is 19.1. The zero-order chi connectivity index (χ0) is 9.14. The summed E-state index contributed by atoms with van der Waals surface area (Å²) in [5, 5.41) is 17.6. The zero-order valence-electron chi connectivity index (χ0n) is 6.34. The van der Waals surface area contributed by atoms with Crippen LogP contribution in [0.1, 0.15) is 5.56 Å². The van der Waals surface area contributed by atoms with E-state index in [9.17, 15) is 9.50 Å². The van der Waals surface area contributed by atoms with E-state index in [0.717, 1.165) is 6.07 Å². The van der Waals surface area contributed by atoms with Gasteiger partial charge in [0, 0.05) is 0 Å². The average Bonchev–Trinajstić information content (AvgIpc) is 2.06. The molecule has 0 unspecified atom stereocenters. The van der Waals surface area contributed by atoms with Crippen LogP contribution in [0.25, 0.3) is 0 Å². The third-order valence-corrected chi connectivity index (χ3v) is 1.41. The molecule has 0 amide bonds. The molecule has 0 atom stereocenters. The molecule has 0 radical (unpaired) electrons. The molecule has 0 saturated heterocycles. The van der Waals surface area contributed by atoms with Crippen molar-refractivity contribution >= 4 is 0 Å². The Morgan fingerprint density at radius 2 is 2.25 bits per heavy atom. The van der Waals surface area contributed by atoms with Crippen LogP contribution in [0.5, 0.6) is 11.5 Å². The van der Waals surface area contributed by atoms with Crippen molar-refractivity contribution in [3.8, 4) is 17.6 Å². The van der Waals surface area contributed by atoms with Gasteiger partial charge in [-0.05, 0) is 12.1 Å². The van der Waals surface area contributed by atoms with Crippen molar-refractivity contribution in [2.45, 2.75) is 0 Å². The standard InChI is InChI=1S/C8H6FNO2/c1-12-8-6(9)3-2-5(4-10)7(8)11/h2-3,11H,1H3. The molecule has 1 rings (SSSR count). The van der Waals surface area contributed by atoms with Crippen LogP contribution in [0, 0.1) is 17.1 Å². The largest absolute Gasteiger partial charge is 0.503 e. The summed E-state index contributed by atoms with van der Waals surface area (Å²) < 4.78 is 17.3. The summed E-state index contributed by atoms with van der Waals surface area (Å²) in [6.07, 6.45) is 0. The van der Waals surface area contributed by atoms with Gasteiger partial charge in [0.05, 0.1) is 12.7 Å². The second-order valence-corrected chi connectivity index (χ2v) is 2.09. The van der Waals surface area contributed by atoms with Gasteiger partial charge >= 0.3 is 0 Å². The second-order valence-electron chi connectivity index (χ2n) is 2.09. The summed E-state index contributed by atoms with van der Waals surface area (Å²) in [5.74, 6) is -1.44. The van der Waals surface area contributed by atoms with Gasteiger partial charge in [0.2, 0.25) is 0 Å². The van der Waals surface area contributed by atoms with E-state index in [4.69, 9.17) is 5.26 Å². The van der Waals surface area contributed by atoms with Crippen LogP contribution in [0.4, 0.5) is 4.39 Å². The van der Waals surface area contributed by atoms with Crippen LogP contribution >= 0.6 is 0 Å². The highest BCUT2D eigenvalue weighted by Crippen LogP contribution is 2.31. The Balaban J connectivity index is 3.36. The number of ether oxygens (including phenoxy) is 1. The third kappa shape index (κ3) is 1.17. The number of aromatic hydroxyl groups is 1. The molecule has 0 spiro atoms. The number of phenolic OH excluding ortho intramolecular Hbond substituents is 1. The topological polar surface area (TPSA) is 53.2 Å². The number of hydrogen-bond acceptors (Lipinski definition) is 3. The smallest absolute Gasteiger partial charge is 0.197 e. The number of benzene rings is 1. The Morgan fingerprint density at radius 1 is 1.58 bits per heavy atom. The fourth-order valence-electron chi connectivity index (χ4n) is 0.831. The van der Waals surface area contributed by atoms with Gasteiger partial charge in [-0.1, -0.05) is 0 Å². The Kier molecular flexibility index (Phi) is 2.15. The number of nitrogens with zero attached hydrogens (tertiary/aromatic N) is 1. The van der Waals surface area contributed by atoms with E-state index in [1.165, 1.54) is 13.2 Å². The third-order valence-electron chi connectivity index (χ3n) is 1.41. The number of nitriles is 1. The van der Waals surface area contributed by atoms with E-state index in [1.807, 2.05) is 0 Å². The fraction of sp³-hybridized carbons (Fsp3) is 0.125. The first-order valence-electron chi connectivity index (χ1n) is 3.16. The van der Waals surface area contributed by atoms with Crippen molar-refractivity contribution in [3.63, 3.8) is 0 Å². The summed E-state index contributed by atoms with van der Waals surface area (Å²) in [6.45, 7) is 0. The first-order chi connectivity index (χ1) is 5.70. The lowest BCUT2D eigenvalue weighted by molar-refractivity contribution is 0.350. The molecular formula is C8H6FNO2. The van der Waals surface area contributed by atoms with E-state index in [2.05, 4.69) is 4.74 Å². The molecule has 0 heterocycles. The minimum atomic E-state index is -0.686. The lowest BCUT2D eigenvalue weighted by atomic mass is 10.2. The van der Waals surface area contributed by atoms with Crippen LogP contribution in [-0.2, 0) is 0 Å². The number of methoxy groups -OCH3 is 1. The lowest BCUT2D eigenvalue weighted by Crippen LogP contribution is -1.90. The van der Waals surface area contributed by atoms with Crippen LogP contribution < -0.4 is 4.74 Å². The van der Waals surface area contributed by atoms with Crippen LogP contribution in [-0.4, -0.2) is 12.2 Å². The molecule has 0 bridgehead atoms. The van der Waals surface area contributed by atoms with Crippen molar-refractivity contribution < 1.29 is 14.2 Å². The molecule has 0 aliphatic rings. The highest BCUT2D eigenvalue weighted by molar-refractivity contribution is 5.51. The van der Waals surface area contributed by atoms with Crippen molar-refractivity contribution in [1.82, 2.24) is 0 Å². The van der Waals surface area contributed by atoms with Gasteiger partial charge in [-0.25, -0.2) is 4.39 Å². The fourth-order valence-corrected chi connectivity index (χ4v) is 0.831. The van der Waals surface area contributed by atoms with Crippen molar-refractivity contribution in [3.05, 3.63) is 23.5 Å². The molecule has 1 aromatic carbocycles. The molecule has 4 heteroatoms. The molecule has 0 saturated carbocycles. The Bertz CT molecular complexity index is 344. The van der Waals surface area contributed by atoms with Gasteiger partial charge < -0.3 is 9.84 Å². The van der Waals surface area contributed by atoms with Gasteiger partial charge in [-0.15, -0.1) is 0 Å². The minimum Gasteiger partial charge on any atom is -0.503 e. The SMILES string of the molecule is COc1c(F)ccc(C#N)c1O. The average molecular weight is 167 g/mol. The summed E-state index contributed by atoms with van der Waals surface area (Å²) in [5.41, 5.74) is -0.00625. The maximum Gasteiger partial charge on any atom is 0.197 e. The molecule has 1 aromatic rings. The maximum atomic E-state index is 12.8. The lowest BCUT2D eigenvalue weighted by Gasteiger charge is -2.04. The minimum absolute atomic E-state index is 0.00625. The first-order valence-corrected chi connectivity index (χ1v) is 3.16. The molecule has 0 aliphatic carbocycles. The molecule has 12 heavy (non-hydrogen) atoms. The van der Waals surface area contributed by atoms with Crippen molar-refractivity contribution in [1.29, 1.82) is 5.26 Å².